The number of methoxy groups -OCH3 is 1. The lowest BCUT2D eigenvalue weighted by Gasteiger charge is -1.99. The smallest absolute Gasteiger partial charge is 0.293 e. The Kier molecular flexibility index (Phi) is 4.50. The van der Waals surface area contributed by atoms with Gasteiger partial charge in [-0.1, -0.05) is 24.3 Å². The number of anilines is 1. The minimum atomic E-state index is -0.464. The predicted molar refractivity (Wildman–Crippen MR) is 105 cm³/mol. The highest BCUT2D eigenvalue weighted by Gasteiger charge is 2.17. The van der Waals surface area contributed by atoms with Crippen molar-refractivity contribution < 1.29 is 18.9 Å². The minimum absolute atomic E-state index is 0.0210. The van der Waals surface area contributed by atoms with Crippen LogP contribution in [-0.4, -0.2) is 22.9 Å². The molecule has 0 bridgehead atoms. The second-order valence-corrected chi connectivity index (χ2v) is 6.65. The van der Waals surface area contributed by atoms with E-state index in [1.807, 2.05) is 12.1 Å². The van der Waals surface area contributed by atoms with E-state index in [1.165, 1.54) is 30.6 Å². The molecule has 4 aromatic rings. The molecule has 1 amide bonds. The van der Waals surface area contributed by atoms with Crippen LogP contribution < -0.4 is 10.1 Å². The number of nitrogens with one attached hydrogen (secondary N) is 1. The molecule has 2 aromatic heterocycles. The number of hydrogen-bond acceptors (Lipinski definition) is 7. The second-order valence-electron chi connectivity index (χ2n) is 5.79. The van der Waals surface area contributed by atoms with E-state index in [0.29, 0.717) is 27.7 Å². The topological polar surface area (TPSA) is 108 Å². The average Bonchev–Trinajstić information content (AvgIpc) is 3.34. The zero-order valence-electron chi connectivity index (χ0n) is 14.5. The molecule has 0 fully saturated rings. The SMILES string of the molecule is COc1cccc2cc(C(=O)Nc3nc(-c4cccc([N+](=O)[O-])c4)cs3)oc12. The molecular formula is C19H13N3O5S. The molecule has 0 saturated heterocycles. The first-order valence-electron chi connectivity index (χ1n) is 8.13. The minimum Gasteiger partial charge on any atom is -0.493 e. The number of nitro benzene ring substituents is 1. The summed E-state index contributed by atoms with van der Waals surface area (Å²) < 4.78 is 10.9. The van der Waals surface area contributed by atoms with Crippen LogP contribution in [0.2, 0.25) is 0 Å². The summed E-state index contributed by atoms with van der Waals surface area (Å²) in [7, 11) is 1.53. The van der Waals surface area contributed by atoms with Gasteiger partial charge in [-0.15, -0.1) is 11.3 Å². The van der Waals surface area contributed by atoms with Crippen molar-refractivity contribution in [1.82, 2.24) is 4.98 Å². The maximum absolute atomic E-state index is 12.5. The molecule has 0 radical (unpaired) electrons. The van der Waals surface area contributed by atoms with Crippen LogP contribution in [0.25, 0.3) is 22.2 Å². The average molecular weight is 395 g/mol. The van der Waals surface area contributed by atoms with Crippen molar-refractivity contribution in [3.8, 4) is 17.0 Å². The first-order chi connectivity index (χ1) is 13.5. The third kappa shape index (κ3) is 3.30. The van der Waals surface area contributed by atoms with Crippen LogP contribution in [0, 0.1) is 10.1 Å². The van der Waals surface area contributed by atoms with Crippen molar-refractivity contribution in [2.75, 3.05) is 12.4 Å². The molecule has 8 nitrogen and oxygen atoms in total. The molecule has 1 N–H and O–H groups in total. The zero-order chi connectivity index (χ0) is 19.7. The maximum Gasteiger partial charge on any atom is 0.293 e. The van der Waals surface area contributed by atoms with Gasteiger partial charge >= 0.3 is 0 Å². The Hall–Kier alpha value is -3.72. The highest BCUT2D eigenvalue weighted by molar-refractivity contribution is 7.14. The summed E-state index contributed by atoms with van der Waals surface area (Å²) in [6, 6.07) is 13.2. The maximum atomic E-state index is 12.5. The Balaban J connectivity index is 1.56. The third-order valence-electron chi connectivity index (χ3n) is 4.03. The van der Waals surface area contributed by atoms with Gasteiger partial charge in [0.1, 0.15) is 0 Å². The molecule has 9 heteroatoms. The summed E-state index contributed by atoms with van der Waals surface area (Å²) in [5, 5.41) is 16.4. The molecule has 0 saturated carbocycles. The third-order valence-corrected chi connectivity index (χ3v) is 4.79. The van der Waals surface area contributed by atoms with E-state index in [1.54, 1.807) is 29.6 Å². The molecule has 2 aromatic carbocycles. The fraction of sp³-hybridized carbons (Fsp3) is 0.0526. The van der Waals surface area contributed by atoms with Crippen molar-refractivity contribution in [2.45, 2.75) is 0 Å². The lowest BCUT2D eigenvalue weighted by Crippen LogP contribution is -2.10. The number of carbonyl (C=O) groups excluding carboxylic acids is 1. The van der Waals surface area contributed by atoms with Gasteiger partial charge in [-0.3, -0.25) is 20.2 Å². The molecule has 0 unspecified atom stereocenters. The number of para-hydroxylation sites is 1. The molecule has 0 spiro atoms. The van der Waals surface area contributed by atoms with Crippen LogP contribution in [-0.2, 0) is 0 Å². The molecule has 28 heavy (non-hydrogen) atoms. The number of amides is 1. The fourth-order valence-electron chi connectivity index (χ4n) is 2.71. The van der Waals surface area contributed by atoms with Crippen molar-refractivity contribution in [1.29, 1.82) is 0 Å². The number of fused-ring (bicyclic) bond motifs is 1. The highest BCUT2D eigenvalue weighted by Crippen LogP contribution is 2.30. The van der Waals surface area contributed by atoms with Gasteiger partial charge in [0.2, 0.25) is 0 Å². The van der Waals surface area contributed by atoms with Crippen molar-refractivity contribution >= 4 is 39.0 Å². The molecule has 0 aliphatic heterocycles. The van der Waals surface area contributed by atoms with Gasteiger partial charge in [-0.05, 0) is 12.1 Å². The summed E-state index contributed by atoms with van der Waals surface area (Å²) in [4.78, 5) is 27.3. The molecule has 0 aliphatic rings. The Labute approximate surface area is 162 Å². The number of nitrogens with zero attached hydrogens (tertiary/aromatic N) is 2. The normalized spacial score (nSPS) is 10.8. The van der Waals surface area contributed by atoms with Crippen molar-refractivity contribution in [3.05, 3.63) is 69.8 Å². The van der Waals surface area contributed by atoms with E-state index < -0.39 is 10.8 Å². The summed E-state index contributed by atoms with van der Waals surface area (Å²) in [6.07, 6.45) is 0. The van der Waals surface area contributed by atoms with Crippen LogP contribution in [0.15, 0.2) is 58.3 Å². The number of ether oxygens (including phenoxy) is 1. The standard InChI is InChI=1S/C19H13N3O5S/c1-26-15-7-3-5-12-9-16(27-17(12)15)18(23)21-19-20-14(10-28-19)11-4-2-6-13(8-11)22(24)25/h2-10H,1H3,(H,20,21,23). The van der Waals surface area contributed by atoms with Crippen LogP contribution >= 0.6 is 11.3 Å². The van der Waals surface area contributed by atoms with Gasteiger partial charge in [0.05, 0.1) is 17.7 Å². The van der Waals surface area contributed by atoms with Gasteiger partial charge in [-0.25, -0.2) is 4.98 Å². The summed E-state index contributed by atoms with van der Waals surface area (Å²) >= 11 is 1.22. The first kappa shape index (κ1) is 17.7. The van der Waals surface area contributed by atoms with Crippen LogP contribution in [0.3, 0.4) is 0 Å². The number of furan rings is 1. The summed E-state index contributed by atoms with van der Waals surface area (Å²) in [5.74, 6) is 0.226. The van der Waals surface area contributed by atoms with E-state index in [-0.39, 0.29) is 11.4 Å². The fourth-order valence-corrected chi connectivity index (χ4v) is 3.42. The first-order valence-corrected chi connectivity index (χ1v) is 9.01. The van der Waals surface area contributed by atoms with Gasteiger partial charge in [-0.2, -0.15) is 0 Å². The predicted octanol–water partition coefficient (Wildman–Crippen LogP) is 4.73. The Morgan fingerprint density at radius 3 is 2.86 bits per heavy atom. The van der Waals surface area contributed by atoms with E-state index in [0.717, 1.165) is 5.39 Å². The number of non-ortho nitro benzene ring substituents is 1. The Morgan fingerprint density at radius 1 is 1.25 bits per heavy atom. The van der Waals surface area contributed by atoms with E-state index >= 15 is 0 Å². The summed E-state index contributed by atoms with van der Waals surface area (Å²) in [5.41, 5.74) is 1.61. The lowest BCUT2D eigenvalue weighted by molar-refractivity contribution is -0.384. The quantitative estimate of drug-likeness (QED) is 0.387. The van der Waals surface area contributed by atoms with Crippen LogP contribution in [0.1, 0.15) is 10.6 Å². The Morgan fingerprint density at radius 2 is 2.07 bits per heavy atom. The van der Waals surface area contributed by atoms with Crippen molar-refractivity contribution in [2.24, 2.45) is 0 Å². The molecule has 0 atom stereocenters. The van der Waals surface area contributed by atoms with E-state index in [9.17, 15) is 14.9 Å². The number of hydrogen-bond donors (Lipinski definition) is 1. The van der Waals surface area contributed by atoms with Crippen molar-refractivity contribution in [3.63, 3.8) is 0 Å². The number of aromatic nitrogens is 1. The number of benzene rings is 2. The van der Waals surface area contributed by atoms with Gasteiger partial charge in [0.15, 0.2) is 22.2 Å². The number of carbonyl (C=O) groups is 1. The number of nitro groups is 1. The van der Waals surface area contributed by atoms with E-state index in [2.05, 4.69) is 10.3 Å². The molecular weight excluding hydrogens is 382 g/mol. The molecule has 4 rings (SSSR count). The van der Waals surface area contributed by atoms with Gasteiger partial charge < -0.3 is 9.15 Å². The zero-order valence-corrected chi connectivity index (χ0v) is 15.4. The van der Waals surface area contributed by atoms with E-state index in [4.69, 9.17) is 9.15 Å². The molecule has 140 valence electrons. The number of rotatable bonds is 5. The monoisotopic (exact) mass is 395 g/mol. The van der Waals surface area contributed by atoms with Gasteiger partial charge in [0.25, 0.3) is 11.6 Å². The van der Waals surface area contributed by atoms with Gasteiger partial charge in [0, 0.05) is 28.5 Å². The largest absolute Gasteiger partial charge is 0.493 e. The molecule has 2 heterocycles. The summed E-state index contributed by atoms with van der Waals surface area (Å²) in [6.45, 7) is 0. The molecule has 0 aliphatic carbocycles. The highest BCUT2D eigenvalue weighted by atomic mass is 32.1. The van der Waals surface area contributed by atoms with Crippen LogP contribution in [0.5, 0.6) is 5.75 Å². The second kappa shape index (κ2) is 7.12. The van der Waals surface area contributed by atoms with Crippen LogP contribution in [0.4, 0.5) is 10.8 Å². The lowest BCUT2D eigenvalue weighted by atomic mass is 10.1. The number of thiazole rings is 1. The Bertz CT molecular complexity index is 1200.